The maximum atomic E-state index is 12.3. The van der Waals surface area contributed by atoms with E-state index in [0.717, 1.165) is 21.7 Å². The van der Waals surface area contributed by atoms with Crippen molar-refractivity contribution in [2.45, 2.75) is 19.2 Å². The Bertz CT molecular complexity index is 1030. The number of fused-ring (bicyclic) bond motifs is 1. The Kier molecular flexibility index (Phi) is 6.74. The second-order valence-electron chi connectivity index (χ2n) is 5.72. The molecule has 0 spiro atoms. The SMILES string of the molecule is C#CCn1c(=NC(=O)CSCc2ccccc2)sc2cc(OCC)ccc21. The normalized spacial score (nSPS) is 11.5. The number of carbonyl (C=O) groups is 1. The summed E-state index contributed by atoms with van der Waals surface area (Å²) in [7, 11) is 0. The number of thioether (sulfide) groups is 1. The average molecular weight is 397 g/mol. The summed E-state index contributed by atoms with van der Waals surface area (Å²) in [4.78, 5) is 17.3. The molecule has 27 heavy (non-hydrogen) atoms. The Morgan fingerprint density at radius 1 is 1.30 bits per heavy atom. The number of aromatic nitrogens is 1. The summed E-state index contributed by atoms with van der Waals surface area (Å²) >= 11 is 3.01. The highest BCUT2D eigenvalue weighted by Gasteiger charge is 2.09. The topological polar surface area (TPSA) is 43.6 Å². The van der Waals surface area contributed by atoms with Crippen LogP contribution in [0.5, 0.6) is 5.75 Å². The molecule has 1 amide bonds. The van der Waals surface area contributed by atoms with Crippen molar-refractivity contribution in [1.82, 2.24) is 4.57 Å². The number of nitrogens with zero attached hydrogens (tertiary/aromatic N) is 2. The van der Waals surface area contributed by atoms with Gasteiger partial charge in [-0.15, -0.1) is 18.2 Å². The smallest absolute Gasteiger partial charge is 0.258 e. The van der Waals surface area contributed by atoms with E-state index in [2.05, 4.69) is 23.0 Å². The van der Waals surface area contributed by atoms with Crippen molar-refractivity contribution >= 4 is 39.2 Å². The van der Waals surface area contributed by atoms with E-state index in [1.54, 1.807) is 11.8 Å². The zero-order valence-corrected chi connectivity index (χ0v) is 16.7. The Balaban J connectivity index is 1.79. The highest BCUT2D eigenvalue weighted by Crippen LogP contribution is 2.23. The average Bonchev–Trinajstić information content (AvgIpc) is 3.00. The summed E-state index contributed by atoms with van der Waals surface area (Å²) in [6.07, 6.45) is 5.51. The molecule has 0 bridgehead atoms. The molecule has 0 saturated carbocycles. The number of ether oxygens (including phenoxy) is 1. The van der Waals surface area contributed by atoms with Gasteiger partial charge in [0.2, 0.25) is 0 Å². The van der Waals surface area contributed by atoms with Gasteiger partial charge in [-0.25, -0.2) is 0 Å². The number of carbonyl (C=O) groups excluding carboxylic acids is 1. The third-order valence-corrected chi connectivity index (χ3v) is 5.80. The van der Waals surface area contributed by atoms with E-state index in [9.17, 15) is 4.79 Å². The van der Waals surface area contributed by atoms with Gasteiger partial charge in [-0.3, -0.25) is 4.79 Å². The first-order valence-corrected chi connectivity index (χ1v) is 10.6. The summed E-state index contributed by atoms with van der Waals surface area (Å²) in [5.74, 6) is 4.41. The molecule has 0 atom stereocenters. The maximum Gasteiger partial charge on any atom is 0.258 e. The zero-order valence-electron chi connectivity index (χ0n) is 15.1. The van der Waals surface area contributed by atoms with Crippen molar-refractivity contribution in [2.75, 3.05) is 12.4 Å². The lowest BCUT2D eigenvalue weighted by Gasteiger charge is -2.03. The van der Waals surface area contributed by atoms with Gasteiger partial charge in [-0.2, -0.15) is 4.99 Å². The van der Waals surface area contributed by atoms with Crippen molar-refractivity contribution in [1.29, 1.82) is 0 Å². The Morgan fingerprint density at radius 3 is 2.85 bits per heavy atom. The second-order valence-corrected chi connectivity index (χ2v) is 7.72. The molecule has 0 unspecified atom stereocenters. The number of thiazole rings is 1. The minimum atomic E-state index is -0.154. The molecule has 3 rings (SSSR count). The predicted octanol–water partition coefficient (Wildman–Crippen LogP) is 4.10. The van der Waals surface area contributed by atoms with Crippen LogP contribution >= 0.6 is 23.1 Å². The largest absolute Gasteiger partial charge is 0.494 e. The Hall–Kier alpha value is -2.49. The molecule has 0 fully saturated rings. The third-order valence-electron chi connectivity index (χ3n) is 3.77. The van der Waals surface area contributed by atoms with Crippen molar-refractivity contribution in [2.24, 2.45) is 4.99 Å². The van der Waals surface area contributed by atoms with Gasteiger partial charge in [0, 0.05) is 5.75 Å². The van der Waals surface area contributed by atoms with Gasteiger partial charge >= 0.3 is 0 Å². The minimum Gasteiger partial charge on any atom is -0.494 e. The molecule has 0 radical (unpaired) electrons. The highest BCUT2D eigenvalue weighted by molar-refractivity contribution is 7.99. The van der Waals surface area contributed by atoms with E-state index < -0.39 is 0 Å². The fraction of sp³-hybridized carbons (Fsp3) is 0.238. The first kappa shape index (κ1) is 19.3. The first-order chi connectivity index (χ1) is 13.2. The van der Waals surface area contributed by atoms with E-state index in [4.69, 9.17) is 11.2 Å². The number of hydrogen-bond donors (Lipinski definition) is 0. The summed E-state index contributed by atoms with van der Waals surface area (Å²) in [5.41, 5.74) is 2.16. The summed E-state index contributed by atoms with van der Waals surface area (Å²) in [6, 6.07) is 15.9. The second kappa shape index (κ2) is 9.45. The van der Waals surface area contributed by atoms with E-state index in [1.807, 2.05) is 47.9 Å². The summed E-state index contributed by atoms with van der Waals surface area (Å²) in [6.45, 7) is 2.93. The number of rotatable bonds is 7. The van der Waals surface area contributed by atoms with Gasteiger partial charge in [0.05, 0.1) is 29.1 Å². The number of terminal acetylenes is 1. The molecule has 0 aliphatic carbocycles. The van der Waals surface area contributed by atoms with Crippen LogP contribution in [0.15, 0.2) is 53.5 Å². The molecule has 138 valence electrons. The Morgan fingerprint density at radius 2 is 2.11 bits per heavy atom. The molecule has 0 saturated heterocycles. The van der Waals surface area contributed by atoms with Crippen molar-refractivity contribution in [3.05, 3.63) is 58.9 Å². The van der Waals surface area contributed by atoms with Crippen LogP contribution in [0.4, 0.5) is 0 Å². The van der Waals surface area contributed by atoms with Crippen LogP contribution in [0.2, 0.25) is 0 Å². The fourth-order valence-corrected chi connectivity index (χ4v) is 4.45. The Labute approximate surface area is 166 Å². The molecule has 0 aliphatic heterocycles. The molecule has 1 aromatic heterocycles. The summed E-state index contributed by atoms with van der Waals surface area (Å²) in [5, 5.41) is 0. The lowest BCUT2D eigenvalue weighted by molar-refractivity contribution is -0.115. The van der Waals surface area contributed by atoms with Crippen LogP contribution in [0.25, 0.3) is 10.2 Å². The van der Waals surface area contributed by atoms with Gasteiger partial charge in [0.15, 0.2) is 4.80 Å². The minimum absolute atomic E-state index is 0.154. The van der Waals surface area contributed by atoms with Crippen molar-refractivity contribution in [3.8, 4) is 18.1 Å². The van der Waals surface area contributed by atoms with Crippen LogP contribution < -0.4 is 9.54 Å². The quantitative estimate of drug-likeness (QED) is 0.565. The van der Waals surface area contributed by atoms with Gasteiger partial charge in [-0.05, 0) is 30.7 Å². The van der Waals surface area contributed by atoms with Gasteiger partial charge in [0.25, 0.3) is 5.91 Å². The molecule has 3 aromatic rings. The highest BCUT2D eigenvalue weighted by atomic mass is 32.2. The fourth-order valence-electron chi connectivity index (χ4n) is 2.61. The predicted molar refractivity (Wildman–Crippen MR) is 113 cm³/mol. The molecule has 6 heteroatoms. The lowest BCUT2D eigenvalue weighted by atomic mass is 10.2. The van der Waals surface area contributed by atoms with E-state index in [-0.39, 0.29) is 5.91 Å². The molecule has 1 heterocycles. The van der Waals surface area contributed by atoms with Crippen LogP contribution in [0.3, 0.4) is 0 Å². The molecule has 0 aliphatic rings. The van der Waals surface area contributed by atoms with Gasteiger partial charge in [0.1, 0.15) is 5.75 Å². The molecular weight excluding hydrogens is 376 g/mol. The first-order valence-electron chi connectivity index (χ1n) is 8.60. The number of benzene rings is 2. The maximum absolute atomic E-state index is 12.3. The molecular formula is C21H20N2O2S2. The van der Waals surface area contributed by atoms with E-state index in [1.165, 1.54) is 16.9 Å². The standard InChI is InChI=1S/C21H20N2O2S2/c1-3-12-23-18-11-10-17(25-4-2)13-19(18)27-21(23)22-20(24)15-26-14-16-8-6-5-7-9-16/h1,5-11,13H,4,12,14-15H2,2H3. The van der Waals surface area contributed by atoms with Crippen LogP contribution in [-0.2, 0) is 17.1 Å². The lowest BCUT2D eigenvalue weighted by Crippen LogP contribution is -2.17. The monoisotopic (exact) mass is 396 g/mol. The van der Waals surface area contributed by atoms with E-state index >= 15 is 0 Å². The molecule has 4 nitrogen and oxygen atoms in total. The third kappa shape index (κ3) is 5.03. The van der Waals surface area contributed by atoms with Crippen molar-refractivity contribution < 1.29 is 9.53 Å². The number of amides is 1. The van der Waals surface area contributed by atoms with Crippen LogP contribution in [0, 0.1) is 12.3 Å². The van der Waals surface area contributed by atoms with Gasteiger partial charge < -0.3 is 9.30 Å². The van der Waals surface area contributed by atoms with Crippen molar-refractivity contribution in [3.63, 3.8) is 0 Å². The van der Waals surface area contributed by atoms with E-state index in [0.29, 0.717) is 23.7 Å². The van der Waals surface area contributed by atoms with Crippen LogP contribution in [-0.4, -0.2) is 22.8 Å². The molecule has 2 aromatic carbocycles. The summed E-state index contributed by atoms with van der Waals surface area (Å²) < 4.78 is 8.45. The van der Waals surface area contributed by atoms with Crippen LogP contribution in [0.1, 0.15) is 12.5 Å². The van der Waals surface area contributed by atoms with Gasteiger partial charge in [-0.1, -0.05) is 47.6 Å². The molecule has 0 N–H and O–H groups in total. The number of hydrogen-bond acceptors (Lipinski definition) is 4. The zero-order chi connectivity index (χ0) is 19.1.